The summed E-state index contributed by atoms with van der Waals surface area (Å²) in [6, 6.07) is 10.7. The Morgan fingerprint density at radius 2 is 1.64 bits per heavy atom. The summed E-state index contributed by atoms with van der Waals surface area (Å²) in [6.45, 7) is 8.73. The lowest BCUT2D eigenvalue weighted by molar-refractivity contribution is -0.123. The number of benzene rings is 1. The minimum atomic E-state index is -0.249. The lowest BCUT2D eigenvalue weighted by Crippen LogP contribution is -2.52. The standard InChI is InChI=1S/C21H32N4O3/c1-2-28-21(27)25-10-8-19(9-11-25)22-20(26)17-24-14-12-23(13-15-24)16-18-6-4-3-5-7-18/h3-7,19H,2,8-17H2,1H3,(H,22,26). The van der Waals surface area contributed by atoms with Gasteiger partial charge < -0.3 is 15.0 Å². The fraction of sp³-hybridized carbons (Fsp3) is 0.619. The van der Waals surface area contributed by atoms with Crippen molar-refractivity contribution in [3.8, 4) is 0 Å². The van der Waals surface area contributed by atoms with Crippen molar-refractivity contribution in [2.75, 3.05) is 52.4 Å². The predicted molar refractivity (Wildman–Crippen MR) is 108 cm³/mol. The number of rotatable bonds is 6. The van der Waals surface area contributed by atoms with Crippen LogP contribution in [0.2, 0.25) is 0 Å². The molecule has 2 aliphatic heterocycles. The number of carbonyl (C=O) groups is 2. The summed E-state index contributed by atoms with van der Waals surface area (Å²) in [6.07, 6.45) is 1.32. The van der Waals surface area contributed by atoms with Crippen LogP contribution < -0.4 is 5.32 Å². The quantitative estimate of drug-likeness (QED) is 0.801. The van der Waals surface area contributed by atoms with E-state index in [1.165, 1.54) is 5.56 Å². The molecule has 1 aromatic carbocycles. The maximum atomic E-state index is 12.4. The van der Waals surface area contributed by atoms with Gasteiger partial charge in [0.2, 0.25) is 5.91 Å². The number of hydrogen-bond acceptors (Lipinski definition) is 5. The molecule has 0 bridgehead atoms. The highest BCUT2D eigenvalue weighted by molar-refractivity contribution is 5.78. The van der Waals surface area contributed by atoms with Crippen molar-refractivity contribution < 1.29 is 14.3 Å². The molecule has 2 fully saturated rings. The monoisotopic (exact) mass is 388 g/mol. The first-order valence-electron chi connectivity index (χ1n) is 10.3. The Morgan fingerprint density at radius 3 is 2.29 bits per heavy atom. The number of likely N-dealkylation sites (tertiary alicyclic amines) is 1. The lowest BCUT2D eigenvalue weighted by atomic mass is 10.1. The van der Waals surface area contributed by atoms with Gasteiger partial charge in [0.1, 0.15) is 0 Å². The van der Waals surface area contributed by atoms with E-state index in [2.05, 4.69) is 39.4 Å². The van der Waals surface area contributed by atoms with Crippen LogP contribution in [0.4, 0.5) is 4.79 Å². The zero-order chi connectivity index (χ0) is 19.8. The van der Waals surface area contributed by atoms with E-state index in [4.69, 9.17) is 4.74 Å². The smallest absolute Gasteiger partial charge is 0.409 e. The van der Waals surface area contributed by atoms with Gasteiger partial charge in [-0.3, -0.25) is 14.6 Å². The second-order valence-electron chi connectivity index (χ2n) is 7.57. The average molecular weight is 389 g/mol. The summed E-state index contributed by atoms with van der Waals surface area (Å²) < 4.78 is 5.03. The molecule has 0 atom stereocenters. The van der Waals surface area contributed by atoms with Crippen molar-refractivity contribution in [1.82, 2.24) is 20.0 Å². The van der Waals surface area contributed by atoms with Crippen molar-refractivity contribution in [3.05, 3.63) is 35.9 Å². The molecule has 28 heavy (non-hydrogen) atoms. The van der Waals surface area contributed by atoms with E-state index in [0.717, 1.165) is 45.6 Å². The molecule has 0 unspecified atom stereocenters. The lowest BCUT2D eigenvalue weighted by Gasteiger charge is -2.35. The van der Waals surface area contributed by atoms with E-state index >= 15 is 0 Å². The van der Waals surface area contributed by atoms with Gasteiger partial charge in [-0.1, -0.05) is 30.3 Å². The first-order valence-corrected chi connectivity index (χ1v) is 10.3. The highest BCUT2D eigenvalue weighted by atomic mass is 16.6. The molecule has 2 saturated heterocycles. The molecule has 1 N–H and O–H groups in total. The Balaban J connectivity index is 1.32. The van der Waals surface area contributed by atoms with Crippen molar-refractivity contribution in [1.29, 1.82) is 0 Å². The van der Waals surface area contributed by atoms with E-state index < -0.39 is 0 Å². The molecule has 2 aliphatic rings. The minimum Gasteiger partial charge on any atom is -0.450 e. The third-order valence-corrected chi connectivity index (χ3v) is 5.47. The highest BCUT2D eigenvalue weighted by Crippen LogP contribution is 2.12. The Labute approximate surface area is 167 Å². The first-order chi connectivity index (χ1) is 13.6. The van der Waals surface area contributed by atoms with E-state index in [9.17, 15) is 9.59 Å². The number of nitrogens with zero attached hydrogens (tertiary/aromatic N) is 3. The summed E-state index contributed by atoms with van der Waals surface area (Å²) in [5, 5.41) is 3.14. The van der Waals surface area contributed by atoms with Crippen LogP contribution in [0.3, 0.4) is 0 Å². The van der Waals surface area contributed by atoms with E-state index in [1.807, 2.05) is 13.0 Å². The van der Waals surface area contributed by atoms with Gasteiger partial charge in [-0.15, -0.1) is 0 Å². The fourth-order valence-electron chi connectivity index (χ4n) is 3.84. The van der Waals surface area contributed by atoms with Gasteiger partial charge in [-0.05, 0) is 25.3 Å². The molecule has 7 nitrogen and oxygen atoms in total. The number of carbonyl (C=O) groups excluding carboxylic acids is 2. The highest BCUT2D eigenvalue weighted by Gasteiger charge is 2.25. The topological polar surface area (TPSA) is 65.1 Å². The van der Waals surface area contributed by atoms with E-state index in [-0.39, 0.29) is 18.0 Å². The van der Waals surface area contributed by atoms with Gasteiger partial charge in [-0.25, -0.2) is 4.79 Å². The molecular weight excluding hydrogens is 356 g/mol. The normalized spacial score (nSPS) is 19.4. The van der Waals surface area contributed by atoms with Crippen molar-refractivity contribution >= 4 is 12.0 Å². The molecule has 0 saturated carbocycles. The van der Waals surface area contributed by atoms with Crippen LogP contribution in [0.15, 0.2) is 30.3 Å². The van der Waals surface area contributed by atoms with Gasteiger partial charge in [0.05, 0.1) is 13.2 Å². The second kappa shape index (κ2) is 10.4. The molecule has 7 heteroatoms. The summed E-state index contributed by atoms with van der Waals surface area (Å²) >= 11 is 0. The molecule has 0 radical (unpaired) electrons. The van der Waals surface area contributed by atoms with Crippen LogP contribution in [0.5, 0.6) is 0 Å². The SMILES string of the molecule is CCOC(=O)N1CCC(NC(=O)CN2CCN(Cc3ccccc3)CC2)CC1. The zero-order valence-electron chi connectivity index (χ0n) is 16.8. The third-order valence-electron chi connectivity index (χ3n) is 5.47. The second-order valence-corrected chi connectivity index (χ2v) is 7.57. The van der Waals surface area contributed by atoms with Crippen LogP contribution in [-0.2, 0) is 16.1 Å². The first kappa shape index (κ1) is 20.6. The summed E-state index contributed by atoms with van der Waals surface area (Å²) in [5.41, 5.74) is 1.34. The Hall–Kier alpha value is -2.12. The van der Waals surface area contributed by atoms with Gasteiger partial charge in [0, 0.05) is 51.9 Å². The fourth-order valence-corrected chi connectivity index (χ4v) is 3.84. The minimum absolute atomic E-state index is 0.0890. The largest absolute Gasteiger partial charge is 0.450 e. The maximum absolute atomic E-state index is 12.4. The molecular formula is C21H32N4O3. The number of hydrogen-bond donors (Lipinski definition) is 1. The summed E-state index contributed by atoms with van der Waals surface area (Å²) in [7, 11) is 0. The van der Waals surface area contributed by atoms with Gasteiger partial charge in [0.25, 0.3) is 0 Å². The van der Waals surface area contributed by atoms with Gasteiger partial charge in [-0.2, -0.15) is 0 Å². The third kappa shape index (κ3) is 6.21. The molecule has 0 spiro atoms. The van der Waals surface area contributed by atoms with Crippen LogP contribution in [0.25, 0.3) is 0 Å². The molecule has 2 amide bonds. The van der Waals surface area contributed by atoms with Crippen LogP contribution >= 0.6 is 0 Å². The Bertz CT molecular complexity index is 624. The molecule has 2 heterocycles. The van der Waals surface area contributed by atoms with E-state index in [0.29, 0.717) is 26.2 Å². The number of piperidine rings is 1. The van der Waals surface area contributed by atoms with Crippen molar-refractivity contribution in [2.45, 2.75) is 32.4 Å². The Kier molecular flexibility index (Phi) is 7.68. The molecule has 0 aromatic heterocycles. The zero-order valence-corrected chi connectivity index (χ0v) is 16.8. The summed E-state index contributed by atoms with van der Waals surface area (Å²) in [4.78, 5) is 30.5. The van der Waals surface area contributed by atoms with Crippen molar-refractivity contribution in [2.24, 2.45) is 0 Å². The van der Waals surface area contributed by atoms with Crippen LogP contribution in [0, 0.1) is 0 Å². The van der Waals surface area contributed by atoms with E-state index in [1.54, 1.807) is 4.90 Å². The summed E-state index contributed by atoms with van der Waals surface area (Å²) in [5.74, 6) is 0.0890. The van der Waals surface area contributed by atoms with Crippen molar-refractivity contribution in [3.63, 3.8) is 0 Å². The molecule has 1 aromatic rings. The maximum Gasteiger partial charge on any atom is 0.409 e. The number of piperazine rings is 1. The number of ether oxygens (including phenoxy) is 1. The molecule has 3 rings (SSSR count). The average Bonchev–Trinajstić information content (AvgIpc) is 2.71. The number of amides is 2. The number of nitrogens with one attached hydrogen (secondary N) is 1. The molecule has 0 aliphatic carbocycles. The van der Waals surface area contributed by atoms with Gasteiger partial charge >= 0.3 is 6.09 Å². The predicted octanol–water partition coefficient (Wildman–Crippen LogP) is 1.54. The van der Waals surface area contributed by atoms with Gasteiger partial charge in [0.15, 0.2) is 0 Å². The molecule has 154 valence electrons. The van der Waals surface area contributed by atoms with Crippen LogP contribution in [-0.4, -0.2) is 85.2 Å². The van der Waals surface area contributed by atoms with Crippen LogP contribution in [0.1, 0.15) is 25.3 Å². The Morgan fingerprint density at radius 1 is 1.00 bits per heavy atom.